The fraction of sp³-hybridized carbons (Fsp3) is 0.333. The fourth-order valence-electron chi connectivity index (χ4n) is 3.87. The maximum absolute atomic E-state index is 6.17. The maximum Gasteiger partial charge on any atom is 0.0737 e. The van der Waals surface area contributed by atoms with Crippen LogP contribution in [0.3, 0.4) is 0 Å². The van der Waals surface area contributed by atoms with Gasteiger partial charge >= 0.3 is 0 Å². The number of rotatable bonds is 4. The Kier molecular flexibility index (Phi) is 5.05. The molecule has 5 heteroatoms. The number of hydrogen-bond donors (Lipinski definition) is 1. The van der Waals surface area contributed by atoms with E-state index in [1.165, 1.54) is 11.3 Å². The zero-order valence-electron chi connectivity index (χ0n) is 14.7. The molecule has 4 nitrogen and oxygen atoms in total. The Labute approximate surface area is 159 Å². The summed E-state index contributed by atoms with van der Waals surface area (Å²) in [6, 6.07) is 13.0. The topological polar surface area (TPSA) is 55.0 Å². The molecule has 0 saturated heterocycles. The molecule has 134 valence electrons. The van der Waals surface area contributed by atoms with Crippen molar-refractivity contribution >= 4 is 28.2 Å². The molecule has 2 heterocycles. The van der Waals surface area contributed by atoms with Gasteiger partial charge in [-0.3, -0.25) is 9.97 Å². The van der Waals surface area contributed by atoms with Crippen LogP contribution in [0.25, 0.3) is 10.9 Å². The van der Waals surface area contributed by atoms with Crippen molar-refractivity contribution < 1.29 is 0 Å². The number of fused-ring (bicyclic) bond motifs is 1. The first-order valence-electron chi connectivity index (χ1n) is 9.16. The van der Waals surface area contributed by atoms with Gasteiger partial charge in [0.2, 0.25) is 0 Å². The van der Waals surface area contributed by atoms with Crippen LogP contribution in [-0.4, -0.2) is 22.1 Å². The van der Waals surface area contributed by atoms with Crippen molar-refractivity contribution in [1.29, 1.82) is 0 Å². The normalized spacial score (nSPS) is 20.2. The number of hydrogen-bond acceptors (Lipinski definition) is 4. The van der Waals surface area contributed by atoms with Gasteiger partial charge in [0.15, 0.2) is 0 Å². The number of nitrogens with zero attached hydrogens (tertiary/aromatic N) is 3. The number of aromatic nitrogens is 2. The zero-order chi connectivity index (χ0) is 17.9. The lowest BCUT2D eigenvalue weighted by Crippen LogP contribution is -2.40. The zero-order valence-corrected chi connectivity index (χ0v) is 15.4. The molecule has 1 aliphatic carbocycles. The first kappa shape index (κ1) is 17.3. The molecule has 26 heavy (non-hydrogen) atoms. The summed E-state index contributed by atoms with van der Waals surface area (Å²) in [6.07, 6.45) is 10.0. The van der Waals surface area contributed by atoms with Crippen LogP contribution < -0.4 is 10.6 Å². The smallest absolute Gasteiger partial charge is 0.0737 e. The van der Waals surface area contributed by atoms with Crippen molar-refractivity contribution in [2.24, 2.45) is 5.73 Å². The molecule has 1 aromatic carbocycles. The molecule has 0 atom stereocenters. The molecular formula is C21H23ClN4. The molecule has 0 aliphatic heterocycles. The van der Waals surface area contributed by atoms with Crippen molar-refractivity contribution in [2.75, 3.05) is 4.90 Å². The van der Waals surface area contributed by atoms with E-state index in [-0.39, 0.29) is 0 Å². The SMILES string of the molecule is NC1CCC(N(Cc2cccnc2)c2ccnc3cc(Cl)ccc23)CC1. The van der Waals surface area contributed by atoms with Crippen LogP contribution in [0.15, 0.2) is 55.0 Å². The standard InChI is InChI=1S/C21H23ClN4/c22-16-3-8-19-20(12-16)25-11-9-21(19)26(14-15-2-1-10-24-13-15)18-6-4-17(23)5-7-18/h1-3,8-13,17-18H,4-7,14,23H2. The van der Waals surface area contributed by atoms with E-state index in [9.17, 15) is 0 Å². The third-order valence-electron chi connectivity index (χ3n) is 5.25. The molecular weight excluding hydrogens is 344 g/mol. The van der Waals surface area contributed by atoms with Gasteiger partial charge in [-0.15, -0.1) is 0 Å². The summed E-state index contributed by atoms with van der Waals surface area (Å²) in [5, 5.41) is 1.85. The van der Waals surface area contributed by atoms with Crippen molar-refractivity contribution in [3.63, 3.8) is 0 Å². The Bertz CT molecular complexity index is 876. The lowest BCUT2D eigenvalue weighted by molar-refractivity contribution is 0.374. The van der Waals surface area contributed by atoms with Crippen molar-refractivity contribution in [1.82, 2.24) is 9.97 Å². The molecule has 0 amide bonds. The minimum Gasteiger partial charge on any atom is -0.364 e. The van der Waals surface area contributed by atoms with Gasteiger partial charge in [-0.05, 0) is 61.6 Å². The molecule has 1 fully saturated rings. The van der Waals surface area contributed by atoms with E-state index >= 15 is 0 Å². The third kappa shape index (κ3) is 3.67. The molecule has 2 N–H and O–H groups in total. The molecule has 0 bridgehead atoms. The molecule has 4 rings (SSSR count). The van der Waals surface area contributed by atoms with Gasteiger partial charge in [-0.25, -0.2) is 0 Å². The average Bonchev–Trinajstić information content (AvgIpc) is 2.67. The van der Waals surface area contributed by atoms with Crippen LogP contribution in [-0.2, 0) is 6.54 Å². The Morgan fingerprint density at radius 2 is 1.92 bits per heavy atom. The van der Waals surface area contributed by atoms with Crippen LogP contribution in [0.5, 0.6) is 0 Å². The molecule has 1 saturated carbocycles. The lowest BCUT2D eigenvalue weighted by atomic mass is 9.90. The summed E-state index contributed by atoms with van der Waals surface area (Å²) in [4.78, 5) is 11.3. The number of halogens is 1. The van der Waals surface area contributed by atoms with Gasteiger partial charge in [0.1, 0.15) is 0 Å². The minimum atomic E-state index is 0.333. The van der Waals surface area contributed by atoms with E-state index in [1.807, 2.05) is 36.8 Å². The van der Waals surface area contributed by atoms with Crippen LogP contribution in [0.4, 0.5) is 5.69 Å². The quantitative estimate of drug-likeness (QED) is 0.735. The number of nitrogens with two attached hydrogens (primary N) is 1. The van der Waals surface area contributed by atoms with E-state index in [1.54, 1.807) is 0 Å². The van der Waals surface area contributed by atoms with Crippen molar-refractivity contribution in [3.8, 4) is 0 Å². The highest BCUT2D eigenvalue weighted by molar-refractivity contribution is 6.31. The van der Waals surface area contributed by atoms with Crippen LogP contribution in [0, 0.1) is 0 Å². The summed E-state index contributed by atoms with van der Waals surface area (Å²) in [5.74, 6) is 0. The fourth-order valence-corrected chi connectivity index (χ4v) is 4.04. The van der Waals surface area contributed by atoms with Crippen molar-refractivity contribution in [3.05, 3.63) is 65.6 Å². The van der Waals surface area contributed by atoms with Gasteiger partial charge in [0.05, 0.1) is 5.52 Å². The van der Waals surface area contributed by atoms with Crippen LogP contribution >= 0.6 is 11.6 Å². The highest BCUT2D eigenvalue weighted by Gasteiger charge is 2.26. The van der Waals surface area contributed by atoms with Gasteiger partial charge in [0.25, 0.3) is 0 Å². The van der Waals surface area contributed by atoms with E-state index in [0.717, 1.165) is 43.1 Å². The maximum atomic E-state index is 6.17. The van der Waals surface area contributed by atoms with E-state index in [4.69, 9.17) is 17.3 Å². The molecule has 0 spiro atoms. The Balaban J connectivity index is 1.75. The predicted molar refractivity (Wildman–Crippen MR) is 107 cm³/mol. The first-order chi connectivity index (χ1) is 12.7. The number of benzene rings is 1. The summed E-state index contributed by atoms with van der Waals surface area (Å²) >= 11 is 6.17. The largest absolute Gasteiger partial charge is 0.364 e. The monoisotopic (exact) mass is 366 g/mol. The molecule has 1 aliphatic rings. The number of pyridine rings is 2. The number of anilines is 1. The summed E-state index contributed by atoms with van der Waals surface area (Å²) in [5.41, 5.74) is 9.49. The van der Waals surface area contributed by atoms with Gasteiger partial charge in [-0.2, -0.15) is 0 Å². The average molecular weight is 367 g/mol. The molecule has 0 unspecified atom stereocenters. The summed E-state index contributed by atoms with van der Waals surface area (Å²) in [7, 11) is 0. The van der Waals surface area contributed by atoms with Crippen molar-refractivity contribution in [2.45, 2.75) is 44.3 Å². The highest BCUT2D eigenvalue weighted by Crippen LogP contribution is 2.33. The van der Waals surface area contributed by atoms with E-state index in [2.05, 4.69) is 33.1 Å². The van der Waals surface area contributed by atoms with Gasteiger partial charge in [0, 0.05) is 53.3 Å². The van der Waals surface area contributed by atoms with E-state index in [0.29, 0.717) is 17.1 Å². The summed E-state index contributed by atoms with van der Waals surface area (Å²) < 4.78 is 0. The second-order valence-corrected chi connectivity index (χ2v) is 7.49. The molecule has 2 aromatic heterocycles. The first-order valence-corrected chi connectivity index (χ1v) is 9.54. The van der Waals surface area contributed by atoms with Gasteiger partial charge < -0.3 is 10.6 Å². The van der Waals surface area contributed by atoms with Crippen LogP contribution in [0.2, 0.25) is 5.02 Å². The summed E-state index contributed by atoms with van der Waals surface area (Å²) in [6.45, 7) is 0.829. The third-order valence-corrected chi connectivity index (χ3v) is 5.48. The Morgan fingerprint density at radius 1 is 1.08 bits per heavy atom. The predicted octanol–water partition coefficient (Wildman–Crippen LogP) is 4.56. The molecule has 3 aromatic rings. The Hall–Kier alpha value is -2.17. The van der Waals surface area contributed by atoms with Crippen LogP contribution in [0.1, 0.15) is 31.2 Å². The minimum absolute atomic E-state index is 0.333. The highest BCUT2D eigenvalue weighted by atomic mass is 35.5. The second kappa shape index (κ2) is 7.60. The second-order valence-electron chi connectivity index (χ2n) is 7.05. The lowest BCUT2D eigenvalue weighted by Gasteiger charge is -2.38. The Morgan fingerprint density at radius 3 is 2.69 bits per heavy atom. The molecule has 0 radical (unpaired) electrons. The van der Waals surface area contributed by atoms with E-state index < -0.39 is 0 Å². The van der Waals surface area contributed by atoms with Gasteiger partial charge in [-0.1, -0.05) is 17.7 Å².